The van der Waals surface area contributed by atoms with Gasteiger partial charge < -0.3 is 20.0 Å². The molecule has 0 spiro atoms. The van der Waals surface area contributed by atoms with Gasteiger partial charge in [0.2, 0.25) is 17.8 Å². The number of anilines is 3. The molecule has 31 heavy (non-hydrogen) atoms. The summed E-state index contributed by atoms with van der Waals surface area (Å²) in [6.07, 6.45) is 4.08. The lowest BCUT2D eigenvalue weighted by molar-refractivity contribution is -0.133. The number of hydrogen-bond acceptors (Lipinski definition) is 6. The van der Waals surface area contributed by atoms with E-state index in [1.807, 2.05) is 36.1 Å². The van der Waals surface area contributed by atoms with Crippen LogP contribution in [-0.4, -0.2) is 66.5 Å². The molecule has 2 aliphatic heterocycles. The van der Waals surface area contributed by atoms with Crippen LogP contribution in [-0.2, 0) is 9.59 Å². The Labute approximate surface area is 182 Å². The van der Waals surface area contributed by atoms with E-state index in [1.165, 1.54) is 0 Å². The highest BCUT2D eigenvalue weighted by molar-refractivity contribution is 6.00. The molecule has 3 heterocycles. The minimum atomic E-state index is -0.274. The molecule has 1 atom stereocenters. The van der Waals surface area contributed by atoms with E-state index in [0.717, 1.165) is 16.8 Å². The van der Waals surface area contributed by atoms with E-state index in [2.05, 4.69) is 21.9 Å². The Balaban J connectivity index is 1.35. The number of carbonyl (C=O) groups is 2. The van der Waals surface area contributed by atoms with Crippen molar-refractivity contribution in [1.82, 2.24) is 14.9 Å². The van der Waals surface area contributed by atoms with Crippen LogP contribution in [0.5, 0.6) is 0 Å². The van der Waals surface area contributed by atoms with Crippen LogP contribution in [0, 0.1) is 5.92 Å². The molecule has 0 saturated carbocycles. The first kappa shape index (κ1) is 20.8. The Morgan fingerprint density at radius 2 is 1.81 bits per heavy atom. The number of aromatic nitrogens is 2. The highest BCUT2D eigenvalue weighted by Gasteiger charge is 2.36. The number of benzene rings is 1. The predicted molar refractivity (Wildman–Crippen MR) is 122 cm³/mol. The average Bonchev–Trinajstić information content (AvgIpc) is 3.08. The van der Waals surface area contributed by atoms with Gasteiger partial charge in [-0.3, -0.25) is 9.59 Å². The molecule has 2 saturated heterocycles. The summed E-state index contributed by atoms with van der Waals surface area (Å²) in [7, 11) is 3.53. The third kappa shape index (κ3) is 4.23. The molecular formula is C23H28N6O2. The van der Waals surface area contributed by atoms with Gasteiger partial charge in [-0.15, -0.1) is 0 Å². The quantitative estimate of drug-likeness (QED) is 0.772. The summed E-state index contributed by atoms with van der Waals surface area (Å²) in [4.78, 5) is 39.0. The molecule has 8 heteroatoms. The maximum Gasteiger partial charge on any atom is 0.249 e. The van der Waals surface area contributed by atoms with Crippen LogP contribution in [0.2, 0.25) is 0 Å². The zero-order valence-electron chi connectivity index (χ0n) is 18.2. The Hall–Kier alpha value is -3.42. The summed E-state index contributed by atoms with van der Waals surface area (Å²) < 4.78 is 0. The lowest BCUT2D eigenvalue weighted by atomic mass is 9.99. The van der Waals surface area contributed by atoms with E-state index in [4.69, 9.17) is 0 Å². The predicted octanol–water partition coefficient (Wildman–Crippen LogP) is 2.25. The van der Waals surface area contributed by atoms with Crippen molar-refractivity contribution in [2.75, 3.05) is 48.8 Å². The monoisotopic (exact) mass is 420 g/mol. The highest BCUT2D eigenvalue weighted by Crippen LogP contribution is 2.26. The van der Waals surface area contributed by atoms with E-state index in [9.17, 15) is 9.59 Å². The summed E-state index contributed by atoms with van der Waals surface area (Å²) >= 11 is 0. The molecule has 0 bridgehead atoms. The number of allylic oxidation sites excluding steroid dienone is 1. The van der Waals surface area contributed by atoms with Gasteiger partial charge in [-0.05, 0) is 31.0 Å². The van der Waals surface area contributed by atoms with E-state index in [-0.39, 0.29) is 23.8 Å². The maximum absolute atomic E-state index is 12.9. The van der Waals surface area contributed by atoms with Gasteiger partial charge >= 0.3 is 0 Å². The Kier molecular flexibility index (Phi) is 5.63. The molecule has 2 aromatic rings. The molecule has 2 amide bonds. The fourth-order valence-corrected chi connectivity index (χ4v) is 3.90. The number of nitrogens with one attached hydrogen (secondary N) is 1. The van der Waals surface area contributed by atoms with Crippen LogP contribution in [0.1, 0.15) is 18.9 Å². The molecule has 0 aliphatic carbocycles. The first-order valence-corrected chi connectivity index (χ1v) is 10.5. The molecule has 0 radical (unpaired) electrons. The second-order valence-electron chi connectivity index (χ2n) is 8.41. The van der Waals surface area contributed by atoms with E-state index in [0.29, 0.717) is 37.7 Å². The lowest BCUT2D eigenvalue weighted by Gasteiger charge is -2.39. The SMILES string of the molecule is C=C(C)c1ccc(N[C@@H]2CCN(c3cnc(N4CC(C(=O)N(C)C)C4)nc3)C2=O)cc1. The molecule has 2 aliphatic rings. The number of amides is 2. The summed E-state index contributed by atoms with van der Waals surface area (Å²) in [5, 5.41) is 3.32. The van der Waals surface area contributed by atoms with Gasteiger partial charge in [0.15, 0.2) is 0 Å². The fraction of sp³-hybridized carbons (Fsp3) is 0.391. The van der Waals surface area contributed by atoms with Gasteiger partial charge in [-0.2, -0.15) is 0 Å². The van der Waals surface area contributed by atoms with Crippen LogP contribution in [0.4, 0.5) is 17.3 Å². The highest BCUT2D eigenvalue weighted by atomic mass is 16.2. The van der Waals surface area contributed by atoms with Crippen LogP contribution < -0.4 is 15.1 Å². The number of carbonyl (C=O) groups excluding carboxylic acids is 2. The minimum absolute atomic E-state index is 0.00488. The summed E-state index contributed by atoms with van der Waals surface area (Å²) in [5.41, 5.74) is 3.70. The van der Waals surface area contributed by atoms with Crippen molar-refractivity contribution in [1.29, 1.82) is 0 Å². The van der Waals surface area contributed by atoms with Crippen molar-refractivity contribution in [3.63, 3.8) is 0 Å². The Bertz CT molecular complexity index is 980. The average molecular weight is 421 g/mol. The first-order chi connectivity index (χ1) is 14.8. The van der Waals surface area contributed by atoms with E-state index >= 15 is 0 Å². The van der Waals surface area contributed by atoms with Gasteiger partial charge in [0.25, 0.3) is 0 Å². The number of hydrogen-bond donors (Lipinski definition) is 1. The van der Waals surface area contributed by atoms with E-state index < -0.39 is 0 Å². The second-order valence-corrected chi connectivity index (χ2v) is 8.41. The third-order valence-electron chi connectivity index (χ3n) is 5.81. The molecule has 8 nitrogen and oxygen atoms in total. The fourth-order valence-electron chi connectivity index (χ4n) is 3.90. The van der Waals surface area contributed by atoms with Gasteiger partial charge in [-0.1, -0.05) is 24.3 Å². The first-order valence-electron chi connectivity index (χ1n) is 10.5. The number of nitrogens with zero attached hydrogens (tertiary/aromatic N) is 5. The third-order valence-corrected chi connectivity index (χ3v) is 5.81. The standard InChI is InChI=1S/C23H28N6O2/c1-15(2)16-5-7-18(8-6-16)26-20-9-10-29(22(20)31)19-11-24-23(25-12-19)28-13-17(14-28)21(30)27(3)4/h5-8,11-12,17,20,26H,1,9-10,13-14H2,2-4H3/t20-/m1/s1. The topological polar surface area (TPSA) is 81.7 Å². The second kappa shape index (κ2) is 8.37. The molecule has 1 N–H and O–H groups in total. The zero-order valence-corrected chi connectivity index (χ0v) is 18.2. The van der Waals surface area contributed by atoms with Crippen molar-refractivity contribution in [3.05, 3.63) is 48.8 Å². The van der Waals surface area contributed by atoms with Crippen LogP contribution >= 0.6 is 0 Å². The summed E-state index contributed by atoms with van der Waals surface area (Å²) in [6, 6.07) is 7.67. The molecular weight excluding hydrogens is 392 g/mol. The molecule has 162 valence electrons. The van der Waals surface area contributed by atoms with Crippen molar-refractivity contribution >= 4 is 34.7 Å². The van der Waals surface area contributed by atoms with Gasteiger partial charge in [0.1, 0.15) is 6.04 Å². The molecule has 2 fully saturated rings. The Morgan fingerprint density at radius 3 is 2.39 bits per heavy atom. The zero-order chi connectivity index (χ0) is 22.1. The van der Waals surface area contributed by atoms with Gasteiger partial charge in [-0.25, -0.2) is 9.97 Å². The molecule has 1 aromatic heterocycles. The van der Waals surface area contributed by atoms with E-state index in [1.54, 1.807) is 36.3 Å². The van der Waals surface area contributed by atoms with Crippen molar-refractivity contribution in [3.8, 4) is 0 Å². The molecule has 0 unspecified atom stereocenters. The van der Waals surface area contributed by atoms with Crippen molar-refractivity contribution in [2.45, 2.75) is 19.4 Å². The lowest BCUT2D eigenvalue weighted by Crippen LogP contribution is -2.54. The van der Waals surface area contributed by atoms with Crippen LogP contribution in [0.15, 0.2) is 43.2 Å². The normalized spacial score (nSPS) is 18.7. The van der Waals surface area contributed by atoms with Gasteiger partial charge in [0, 0.05) is 39.4 Å². The summed E-state index contributed by atoms with van der Waals surface area (Å²) in [6.45, 7) is 7.77. The molecule has 1 aromatic carbocycles. The Morgan fingerprint density at radius 1 is 1.16 bits per heavy atom. The van der Waals surface area contributed by atoms with Crippen LogP contribution in [0.25, 0.3) is 5.57 Å². The smallest absolute Gasteiger partial charge is 0.249 e. The largest absolute Gasteiger partial charge is 0.374 e. The number of rotatable bonds is 6. The van der Waals surface area contributed by atoms with Gasteiger partial charge in [0.05, 0.1) is 24.0 Å². The van der Waals surface area contributed by atoms with Crippen molar-refractivity contribution < 1.29 is 9.59 Å². The molecule has 4 rings (SSSR count). The van der Waals surface area contributed by atoms with Crippen molar-refractivity contribution in [2.24, 2.45) is 5.92 Å². The maximum atomic E-state index is 12.9. The summed E-state index contributed by atoms with van der Waals surface area (Å²) in [5.74, 6) is 0.726. The minimum Gasteiger partial charge on any atom is -0.374 e. The van der Waals surface area contributed by atoms with Crippen LogP contribution in [0.3, 0.4) is 0 Å².